The van der Waals surface area contributed by atoms with E-state index in [1.54, 1.807) is 0 Å². The van der Waals surface area contributed by atoms with E-state index in [4.69, 9.17) is 0 Å². The molecule has 0 radical (unpaired) electrons. The Morgan fingerprint density at radius 3 is 2.00 bits per heavy atom. The molecule has 7 heteroatoms. The predicted molar refractivity (Wildman–Crippen MR) is 98.5 cm³/mol. The molecular weight excluding hydrogens is 325 g/mol. The highest BCUT2D eigenvalue weighted by Gasteiger charge is 2.23. The van der Waals surface area contributed by atoms with Crippen molar-refractivity contribution in [2.75, 3.05) is 52.6 Å². The van der Waals surface area contributed by atoms with Gasteiger partial charge in [0, 0.05) is 37.6 Å². The van der Waals surface area contributed by atoms with Gasteiger partial charge in [0.25, 0.3) is 11.8 Å². The van der Waals surface area contributed by atoms with Crippen molar-refractivity contribution in [2.24, 2.45) is 0 Å². The summed E-state index contributed by atoms with van der Waals surface area (Å²) in [6, 6.07) is 0. The maximum atomic E-state index is 12.6. The fourth-order valence-electron chi connectivity index (χ4n) is 2.87. The van der Waals surface area contributed by atoms with Crippen molar-refractivity contribution < 1.29 is 14.2 Å². The van der Waals surface area contributed by atoms with Crippen LogP contribution in [0, 0.1) is 0 Å². The van der Waals surface area contributed by atoms with E-state index in [0.717, 1.165) is 51.2 Å². The molecule has 0 aromatic carbocycles. The second kappa shape index (κ2) is 10.1. The van der Waals surface area contributed by atoms with E-state index in [0.29, 0.717) is 6.54 Å². The first kappa shape index (κ1) is 21.1. The van der Waals surface area contributed by atoms with E-state index >= 15 is 0 Å². The minimum atomic E-state index is -2.14. The Morgan fingerprint density at radius 1 is 0.917 bits per heavy atom. The number of carbonyl (C=O) groups is 2. The van der Waals surface area contributed by atoms with Crippen LogP contribution < -0.4 is 0 Å². The standard InChI is InChI=1S/C17H32N3O3P/c1-5-24(23,6-2)19(4)14-9-13-18(3)12-7-8-15-20-16(21)10-11-17(20)22/h10-11H,5-9,12-15H2,1-4H3. The van der Waals surface area contributed by atoms with Crippen LogP contribution in [0.2, 0.25) is 0 Å². The van der Waals surface area contributed by atoms with E-state index in [1.165, 1.54) is 17.1 Å². The van der Waals surface area contributed by atoms with Gasteiger partial charge in [-0.05, 0) is 46.4 Å². The lowest BCUT2D eigenvalue weighted by molar-refractivity contribution is -0.136. The molecule has 0 aromatic heterocycles. The Kier molecular flexibility index (Phi) is 8.88. The summed E-state index contributed by atoms with van der Waals surface area (Å²) < 4.78 is 14.6. The van der Waals surface area contributed by atoms with Gasteiger partial charge in [0.05, 0.1) is 0 Å². The molecule has 1 aliphatic heterocycles. The second-order valence-corrected chi connectivity index (χ2v) is 10.0. The Bertz CT molecular complexity index is 481. The van der Waals surface area contributed by atoms with Gasteiger partial charge in [0.1, 0.15) is 7.29 Å². The minimum Gasteiger partial charge on any atom is -0.307 e. The number of amides is 2. The highest BCUT2D eigenvalue weighted by molar-refractivity contribution is 7.61. The average molecular weight is 357 g/mol. The van der Waals surface area contributed by atoms with E-state index < -0.39 is 7.29 Å². The van der Waals surface area contributed by atoms with Gasteiger partial charge < -0.3 is 9.46 Å². The maximum absolute atomic E-state index is 12.6. The van der Waals surface area contributed by atoms with Crippen LogP contribution in [0.3, 0.4) is 0 Å². The van der Waals surface area contributed by atoms with Crippen molar-refractivity contribution in [3.05, 3.63) is 12.2 Å². The first-order valence-corrected chi connectivity index (χ1v) is 10.9. The number of nitrogens with zero attached hydrogens (tertiary/aromatic N) is 3. The van der Waals surface area contributed by atoms with Crippen molar-refractivity contribution >= 4 is 19.1 Å². The zero-order chi connectivity index (χ0) is 18.2. The van der Waals surface area contributed by atoms with Gasteiger partial charge in [-0.25, -0.2) is 0 Å². The SMILES string of the molecule is CCP(=O)(CC)N(C)CCCN(C)CCCCN1C(=O)C=CC1=O. The number of rotatable bonds is 12. The van der Waals surface area contributed by atoms with Crippen molar-refractivity contribution in [1.29, 1.82) is 0 Å². The molecule has 138 valence electrons. The fourth-order valence-corrected chi connectivity index (χ4v) is 4.79. The molecule has 0 aromatic rings. The Labute approximate surface area is 146 Å². The first-order chi connectivity index (χ1) is 11.3. The highest BCUT2D eigenvalue weighted by atomic mass is 31.2. The molecule has 0 fully saturated rings. The summed E-state index contributed by atoms with van der Waals surface area (Å²) >= 11 is 0. The van der Waals surface area contributed by atoms with Gasteiger partial charge >= 0.3 is 0 Å². The largest absolute Gasteiger partial charge is 0.307 e. The Morgan fingerprint density at radius 2 is 1.46 bits per heavy atom. The van der Waals surface area contributed by atoms with E-state index in [-0.39, 0.29) is 11.8 Å². The van der Waals surface area contributed by atoms with Crippen LogP contribution in [0.4, 0.5) is 0 Å². The Hall–Kier alpha value is -0.970. The molecule has 1 heterocycles. The van der Waals surface area contributed by atoms with Crippen LogP contribution in [-0.4, -0.2) is 78.9 Å². The molecule has 0 spiro atoms. The summed E-state index contributed by atoms with van der Waals surface area (Å²) in [7, 11) is 1.90. The maximum Gasteiger partial charge on any atom is 0.253 e. The molecule has 0 unspecified atom stereocenters. The Balaban J connectivity index is 2.14. The van der Waals surface area contributed by atoms with Crippen LogP contribution in [0.5, 0.6) is 0 Å². The summed E-state index contributed by atoms with van der Waals surface area (Å²) in [5.74, 6) is -0.402. The average Bonchev–Trinajstić information content (AvgIpc) is 2.89. The quantitative estimate of drug-likeness (QED) is 0.305. The van der Waals surface area contributed by atoms with E-state index in [9.17, 15) is 14.2 Å². The van der Waals surface area contributed by atoms with Gasteiger partial charge in [0.15, 0.2) is 0 Å². The van der Waals surface area contributed by atoms with Crippen molar-refractivity contribution in [2.45, 2.75) is 33.1 Å². The first-order valence-electron chi connectivity index (χ1n) is 8.85. The second-order valence-electron chi connectivity index (χ2n) is 6.39. The van der Waals surface area contributed by atoms with Crippen LogP contribution >= 0.6 is 7.29 Å². The van der Waals surface area contributed by atoms with Gasteiger partial charge in [0.2, 0.25) is 0 Å². The molecule has 6 nitrogen and oxygen atoms in total. The van der Waals surface area contributed by atoms with Crippen molar-refractivity contribution in [3.63, 3.8) is 0 Å². The van der Waals surface area contributed by atoms with Crippen molar-refractivity contribution in [3.8, 4) is 0 Å². The molecule has 0 atom stereocenters. The molecule has 0 saturated heterocycles. The summed E-state index contributed by atoms with van der Waals surface area (Å²) in [5, 5.41) is 0. The summed E-state index contributed by atoms with van der Waals surface area (Å²) in [5.41, 5.74) is 0. The molecule has 24 heavy (non-hydrogen) atoms. The van der Waals surface area contributed by atoms with E-state index in [1.807, 2.05) is 25.6 Å². The zero-order valence-electron chi connectivity index (χ0n) is 15.5. The predicted octanol–water partition coefficient (Wildman–Crippen LogP) is 2.26. The van der Waals surface area contributed by atoms with Crippen LogP contribution in [0.15, 0.2) is 12.2 Å². The molecule has 1 rings (SSSR count). The molecular formula is C17H32N3O3P. The van der Waals surface area contributed by atoms with E-state index in [2.05, 4.69) is 11.9 Å². The smallest absolute Gasteiger partial charge is 0.253 e. The normalized spacial score (nSPS) is 15.3. The fraction of sp³-hybridized carbons (Fsp3) is 0.765. The van der Waals surface area contributed by atoms with Crippen LogP contribution in [0.1, 0.15) is 33.1 Å². The summed E-state index contributed by atoms with van der Waals surface area (Å²) in [6.45, 7) is 7.24. The molecule has 0 aliphatic carbocycles. The number of unbranched alkanes of at least 4 members (excludes halogenated alkanes) is 1. The van der Waals surface area contributed by atoms with Gasteiger partial charge in [-0.2, -0.15) is 0 Å². The highest BCUT2D eigenvalue weighted by Crippen LogP contribution is 2.47. The van der Waals surface area contributed by atoms with Crippen molar-refractivity contribution in [1.82, 2.24) is 14.5 Å². The molecule has 1 aliphatic rings. The van der Waals surface area contributed by atoms with Gasteiger partial charge in [-0.3, -0.25) is 19.2 Å². The van der Waals surface area contributed by atoms with Crippen LogP contribution in [0.25, 0.3) is 0 Å². The molecule has 0 bridgehead atoms. The monoisotopic (exact) mass is 357 g/mol. The summed E-state index contributed by atoms with van der Waals surface area (Å²) in [6.07, 6.45) is 6.89. The van der Waals surface area contributed by atoms with Crippen LogP contribution in [-0.2, 0) is 14.2 Å². The molecule has 0 saturated carbocycles. The third-order valence-corrected chi connectivity index (χ3v) is 8.13. The summed E-state index contributed by atoms with van der Waals surface area (Å²) in [4.78, 5) is 26.4. The lowest BCUT2D eigenvalue weighted by Gasteiger charge is -2.27. The van der Waals surface area contributed by atoms with Gasteiger partial charge in [-0.1, -0.05) is 13.8 Å². The van der Waals surface area contributed by atoms with Gasteiger partial charge in [-0.15, -0.1) is 0 Å². The number of hydrogen-bond donors (Lipinski definition) is 0. The lowest BCUT2D eigenvalue weighted by atomic mass is 10.2. The lowest BCUT2D eigenvalue weighted by Crippen LogP contribution is -2.31. The molecule has 0 N–H and O–H groups in total. The minimum absolute atomic E-state index is 0.201. The third-order valence-electron chi connectivity index (χ3n) is 4.70. The number of hydrogen-bond acceptors (Lipinski definition) is 4. The zero-order valence-corrected chi connectivity index (χ0v) is 16.4. The topological polar surface area (TPSA) is 60.9 Å². The molecule has 2 amide bonds. The number of carbonyl (C=O) groups excluding carboxylic acids is 2. The number of imide groups is 1. The third kappa shape index (κ3) is 6.15.